The number of hydrogen-bond donors (Lipinski definition) is 1. The lowest BCUT2D eigenvalue weighted by molar-refractivity contribution is 0.852. The van der Waals surface area contributed by atoms with Crippen LogP contribution in [-0.4, -0.2) is 9.55 Å². The fraction of sp³-hybridized carbons (Fsp3) is 0.200. The van der Waals surface area contributed by atoms with Gasteiger partial charge in [0.1, 0.15) is 11.6 Å². The van der Waals surface area contributed by atoms with Crippen molar-refractivity contribution in [1.82, 2.24) is 9.55 Å². The maximum Gasteiger partial charge on any atom is 0.201 e. The van der Waals surface area contributed by atoms with Crippen LogP contribution in [-0.2, 0) is 6.54 Å². The Morgan fingerprint density at radius 3 is 2.85 bits per heavy atom. The highest BCUT2D eigenvalue weighted by Crippen LogP contribution is 2.26. The number of anilines is 1. The number of aromatic nitrogens is 2. The largest absolute Gasteiger partial charge is 0.369 e. The van der Waals surface area contributed by atoms with Gasteiger partial charge in [-0.15, -0.1) is 11.3 Å². The average molecular weight is 282 g/mol. The number of aryl methyl sites for hydroxylation is 2. The van der Waals surface area contributed by atoms with E-state index < -0.39 is 0 Å². The van der Waals surface area contributed by atoms with Gasteiger partial charge in [0.15, 0.2) is 0 Å². The first-order valence-corrected chi connectivity index (χ1v) is 7.12. The summed E-state index contributed by atoms with van der Waals surface area (Å²) in [6.07, 6.45) is 0. The topological polar surface area (TPSA) is 67.6 Å². The van der Waals surface area contributed by atoms with E-state index in [1.165, 1.54) is 15.3 Å². The van der Waals surface area contributed by atoms with Crippen LogP contribution in [0.5, 0.6) is 0 Å². The smallest absolute Gasteiger partial charge is 0.201 e. The molecule has 0 saturated heterocycles. The van der Waals surface area contributed by atoms with Crippen molar-refractivity contribution in [3.05, 3.63) is 45.1 Å². The summed E-state index contributed by atoms with van der Waals surface area (Å²) in [6, 6.07) is 9.92. The molecule has 3 aromatic rings. The Hall–Kier alpha value is -2.32. The standard InChI is InChI=1S/C15H14N4S/c1-9-6-12(20-10(9)2)8-19-13-5-3-4-11(7-16)14(13)18-15(19)17/h3-6H,8H2,1-2H3,(H2,17,18). The second kappa shape index (κ2) is 4.66. The van der Waals surface area contributed by atoms with Crippen molar-refractivity contribution in [1.29, 1.82) is 5.26 Å². The highest BCUT2D eigenvalue weighted by Gasteiger charge is 2.12. The molecule has 0 fully saturated rings. The minimum absolute atomic E-state index is 0.450. The van der Waals surface area contributed by atoms with E-state index >= 15 is 0 Å². The highest BCUT2D eigenvalue weighted by molar-refractivity contribution is 7.12. The molecule has 0 atom stereocenters. The summed E-state index contributed by atoms with van der Waals surface area (Å²) >= 11 is 1.77. The molecule has 0 aliphatic carbocycles. The third-order valence-electron chi connectivity index (χ3n) is 3.46. The lowest BCUT2D eigenvalue weighted by Crippen LogP contribution is -2.03. The number of fused-ring (bicyclic) bond motifs is 1. The fourth-order valence-corrected chi connectivity index (χ4v) is 3.35. The van der Waals surface area contributed by atoms with Gasteiger partial charge in [0, 0.05) is 9.75 Å². The number of nitrogen functional groups attached to an aromatic ring is 1. The summed E-state index contributed by atoms with van der Waals surface area (Å²) in [4.78, 5) is 6.90. The molecule has 1 aromatic carbocycles. The van der Waals surface area contributed by atoms with E-state index in [9.17, 15) is 0 Å². The molecule has 2 heterocycles. The van der Waals surface area contributed by atoms with Crippen LogP contribution in [0.15, 0.2) is 24.3 Å². The first-order chi connectivity index (χ1) is 9.60. The van der Waals surface area contributed by atoms with E-state index in [0.717, 1.165) is 5.52 Å². The molecule has 0 spiro atoms. The summed E-state index contributed by atoms with van der Waals surface area (Å²) in [5, 5.41) is 9.13. The van der Waals surface area contributed by atoms with Gasteiger partial charge in [0.05, 0.1) is 17.6 Å². The minimum Gasteiger partial charge on any atom is -0.369 e. The van der Waals surface area contributed by atoms with Crippen molar-refractivity contribution in [2.45, 2.75) is 20.4 Å². The average Bonchev–Trinajstić information content (AvgIpc) is 2.91. The second-order valence-corrected chi connectivity index (χ2v) is 6.13. The van der Waals surface area contributed by atoms with Crippen molar-refractivity contribution in [2.75, 3.05) is 5.73 Å². The van der Waals surface area contributed by atoms with Crippen LogP contribution in [0.2, 0.25) is 0 Å². The Balaban J connectivity index is 2.12. The van der Waals surface area contributed by atoms with Gasteiger partial charge in [-0.25, -0.2) is 4.98 Å². The molecule has 0 saturated carbocycles. The SMILES string of the molecule is Cc1cc(Cn2c(N)nc3c(C#N)cccc32)sc1C. The Kier molecular flexibility index (Phi) is 2.96. The molecule has 0 radical (unpaired) electrons. The Labute approximate surface area is 121 Å². The Bertz CT molecular complexity index is 816. The molecule has 0 aliphatic rings. The molecule has 5 heteroatoms. The van der Waals surface area contributed by atoms with Crippen LogP contribution in [0, 0.1) is 25.2 Å². The maximum absolute atomic E-state index is 9.13. The fourth-order valence-electron chi connectivity index (χ4n) is 2.30. The molecule has 4 nitrogen and oxygen atoms in total. The number of nitrogens with zero attached hydrogens (tertiary/aromatic N) is 3. The van der Waals surface area contributed by atoms with Gasteiger partial charge in [-0.2, -0.15) is 5.26 Å². The summed E-state index contributed by atoms with van der Waals surface area (Å²) < 4.78 is 1.96. The zero-order chi connectivity index (χ0) is 14.3. The van der Waals surface area contributed by atoms with Crippen LogP contribution < -0.4 is 5.73 Å². The third kappa shape index (κ3) is 1.95. The number of imidazole rings is 1. The van der Waals surface area contributed by atoms with Gasteiger partial charge in [-0.3, -0.25) is 0 Å². The molecule has 2 aromatic heterocycles. The van der Waals surface area contributed by atoms with Gasteiger partial charge in [0.25, 0.3) is 0 Å². The molecular weight excluding hydrogens is 268 g/mol. The van der Waals surface area contributed by atoms with Gasteiger partial charge < -0.3 is 10.3 Å². The summed E-state index contributed by atoms with van der Waals surface area (Å²) in [5.74, 6) is 0.450. The minimum atomic E-state index is 0.450. The molecule has 3 rings (SSSR count). The normalized spacial score (nSPS) is 10.8. The lowest BCUT2D eigenvalue weighted by atomic mass is 10.2. The first-order valence-electron chi connectivity index (χ1n) is 6.31. The van der Waals surface area contributed by atoms with Gasteiger partial charge in [0.2, 0.25) is 5.95 Å². The number of nitrogens with two attached hydrogens (primary N) is 1. The molecule has 2 N–H and O–H groups in total. The maximum atomic E-state index is 9.13. The zero-order valence-corrected chi connectivity index (χ0v) is 12.2. The van der Waals surface area contributed by atoms with Gasteiger partial charge in [-0.05, 0) is 37.6 Å². The van der Waals surface area contributed by atoms with Crippen LogP contribution in [0.25, 0.3) is 11.0 Å². The molecule has 0 bridgehead atoms. The molecular formula is C15H14N4S. The number of nitriles is 1. The van der Waals surface area contributed by atoms with Crippen LogP contribution in [0.3, 0.4) is 0 Å². The molecule has 0 amide bonds. The molecule has 100 valence electrons. The lowest BCUT2D eigenvalue weighted by Gasteiger charge is -2.04. The van der Waals surface area contributed by atoms with E-state index in [4.69, 9.17) is 11.0 Å². The van der Waals surface area contributed by atoms with E-state index in [-0.39, 0.29) is 0 Å². The first kappa shape index (κ1) is 12.7. The second-order valence-electron chi connectivity index (χ2n) is 4.79. The van der Waals surface area contributed by atoms with Crippen LogP contribution >= 0.6 is 11.3 Å². The highest BCUT2D eigenvalue weighted by atomic mass is 32.1. The van der Waals surface area contributed by atoms with E-state index in [1.54, 1.807) is 17.4 Å². The van der Waals surface area contributed by atoms with E-state index in [0.29, 0.717) is 23.6 Å². The molecule has 20 heavy (non-hydrogen) atoms. The van der Waals surface area contributed by atoms with Crippen LogP contribution in [0.4, 0.5) is 5.95 Å². The number of para-hydroxylation sites is 1. The predicted octanol–water partition coefficient (Wildman–Crippen LogP) is 3.22. The van der Waals surface area contributed by atoms with Gasteiger partial charge in [-0.1, -0.05) is 6.07 Å². The van der Waals surface area contributed by atoms with Crippen molar-refractivity contribution in [3.8, 4) is 6.07 Å². The predicted molar refractivity (Wildman–Crippen MR) is 81.8 cm³/mol. The van der Waals surface area contributed by atoms with E-state index in [1.807, 2.05) is 16.7 Å². The third-order valence-corrected chi connectivity index (χ3v) is 4.60. The van der Waals surface area contributed by atoms with Crippen LogP contribution in [0.1, 0.15) is 20.9 Å². The summed E-state index contributed by atoms with van der Waals surface area (Å²) in [5.41, 5.74) is 9.46. The number of thiophene rings is 1. The number of hydrogen-bond acceptors (Lipinski definition) is 4. The monoisotopic (exact) mass is 282 g/mol. The van der Waals surface area contributed by atoms with Crippen molar-refractivity contribution < 1.29 is 0 Å². The van der Waals surface area contributed by atoms with Crippen molar-refractivity contribution in [2.24, 2.45) is 0 Å². The van der Waals surface area contributed by atoms with E-state index in [2.05, 4.69) is 31.0 Å². The molecule has 0 unspecified atom stereocenters. The Morgan fingerprint density at radius 1 is 1.40 bits per heavy atom. The Morgan fingerprint density at radius 2 is 2.20 bits per heavy atom. The van der Waals surface area contributed by atoms with Crippen molar-refractivity contribution in [3.63, 3.8) is 0 Å². The number of rotatable bonds is 2. The summed E-state index contributed by atoms with van der Waals surface area (Å²) in [7, 11) is 0. The quantitative estimate of drug-likeness (QED) is 0.784. The zero-order valence-electron chi connectivity index (χ0n) is 11.3. The van der Waals surface area contributed by atoms with Crippen molar-refractivity contribution >= 4 is 28.3 Å². The van der Waals surface area contributed by atoms with Gasteiger partial charge >= 0.3 is 0 Å². The molecule has 0 aliphatic heterocycles. The number of benzene rings is 1. The summed E-state index contributed by atoms with van der Waals surface area (Å²) in [6.45, 7) is 4.92.